The van der Waals surface area contributed by atoms with Crippen molar-refractivity contribution < 1.29 is 4.79 Å². The Labute approximate surface area is 129 Å². The molecule has 0 aromatic heterocycles. The molecule has 2 heterocycles. The first-order chi connectivity index (χ1) is 10.2. The number of nitrogens with zero attached hydrogens (tertiary/aromatic N) is 3. The molecular weight excluding hydrogens is 262 g/mol. The standard InChI is InChI=1S/C17H29N3O/c1-3-17(4-2,14-18)16(21)20-12-8-15(9-13-20)19-10-6-5-7-11-19/h15H,3-13H2,1-2H3. The molecule has 1 amide bonds. The molecule has 0 aromatic rings. The summed E-state index contributed by atoms with van der Waals surface area (Å²) in [6.45, 7) is 8.00. The maximum absolute atomic E-state index is 12.7. The van der Waals surface area contributed by atoms with Gasteiger partial charge >= 0.3 is 0 Å². The SMILES string of the molecule is CCC(C#N)(CC)C(=O)N1CCC(N2CCCCC2)CC1. The fraction of sp³-hybridized carbons (Fsp3) is 0.882. The number of hydrogen-bond acceptors (Lipinski definition) is 3. The number of amides is 1. The summed E-state index contributed by atoms with van der Waals surface area (Å²) < 4.78 is 0. The van der Waals surface area contributed by atoms with Gasteiger partial charge in [-0.05, 0) is 51.6 Å². The van der Waals surface area contributed by atoms with Crippen LogP contribution in [0, 0.1) is 16.7 Å². The fourth-order valence-electron chi connectivity index (χ4n) is 3.78. The van der Waals surface area contributed by atoms with Crippen LogP contribution in [0.5, 0.6) is 0 Å². The van der Waals surface area contributed by atoms with Crippen molar-refractivity contribution in [1.82, 2.24) is 9.80 Å². The van der Waals surface area contributed by atoms with Gasteiger partial charge in [0.1, 0.15) is 5.41 Å². The summed E-state index contributed by atoms with van der Waals surface area (Å²) in [5.74, 6) is 0.0621. The Morgan fingerprint density at radius 1 is 1.10 bits per heavy atom. The van der Waals surface area contributed by atoms with Crippen LogP contribution in [0.3, 0.4) is 0 Å². The molecule has 2 aliphatic heterocycles. The van der Waals surface area contributed by atoms with E-state index in [0.29, 0.717) is 18.9 Å². The smallest absolute Gasteiger partial charge is 0.243 e. The molecule has 0 bridgehead atoms. The molecule has 118 valence electrons. The lowest BCUT2D eigenvalue weighted by Gasteiger charge is -2.41. The second kappa shape index (κ2) is 7.26. The predicted octanol–water partition coefficient (Wildman–Crippen LogP) is 2.79. The Hall–Kier alpha value is -1.08. The minimum Gasteiger partial charge on any atom is -0.341 e. The Balaban J connectivity index is 1.91. The summed E-state index contributed by atoms with van der Waals surface area (Å²) >= 11 is 0. The molecule has 2 aliphatic rings. The van der Waals surface area contributed by atoms with Crippen LogP contribution in [-0.2, 0) is 4.79 Å². The van der Waals surface area contributed by atoms with E-state index in [9.17, 15) is 10.1 Å². The average Bonchev–Trinajstić information content (AvgIpc) is 2.58. The first-order valence-electron chi connectivity index (χ1n) is 8.61. The van der Waals surface area contributed by atoms with E-state index in [0.717, 1.165) is 25.9 Å². The molecule has 4 nitrogen and oxygen atoms in total. The Morgan fingerprint density at radius 2 is 1.67 bits per heavy atom. The third-order valence-electron chi connectivity index (χ3n) is 5.49. The predicted molar refractivity (Wildman–Crippen MR) is 83.7 cm³/mol. The molecular formula is C17H29N3O. The van der Waals surface area contributed by atoms with Crippen molar-refractivity contribution in [3.8, 4) is 6.07 Å². The zero-order valence-corrected chi connectivity index (χ0v) is 13.6. The molecule has 21 heavy (non-hydrogen) atoms. The van der Waals surface area contributed by atoms with E-state index in [1.165, 1.54) is 32.4 Å². The highest BCUT2D eigenvalue weighted by Crippen LogP contribution is 2.30. The number of carbonyl (C=O) groups excluding carboxylic acids is 1. The highest BCUT2D eigenvalue weighted by molar-refractivity contribution is 5.85. The van der Waals surface area contributed by atoms with E-state index in [-0.39, 0.29) is 5.91 Å². The van der Waals surface area contributed by atoms with Gasteiger partial charge in [-0.2, -0.15) is 5.26 Å². The van der Waals surface area contributed by atoms with E-state index < -0.39 is 5.41 Å². The zero-order valence-electron chi connectivity index (χ0n) is 13.6. The minimum atomic E-state index is -0.794. The Morgan fingerprint density at radius 3 is 2.14 bits per heavy atom. The summed E-state index contributed by atoms with van der Waals surface area (Å²) in [7, 11) is 0. The van der Waals surface area contributed by atoms with Gasteiger partial charge in [0.25, 0.3) is 0 Å². The summed E-state index contributed by atoms with van der Waals surface area (Å²) in [5, 5.41) is 9.43. The van der Waals surface area contributed by atoms with Gasteiger partial charge in [-0.25, -0.2) is 0 Å². The van der Waals surface area contributed by atoms with Crippen LogP contribution in [0.2, 0.25) is 0 Å². The summed E-state index contributed by atoms with van der Waals surface area (Å²) in [5.41, 5.74) is -0.794. The van der Waals surface area contributed by atoms with Crippen molar-refractivity contribution in [3.05, 3.63) is 0 Å². The first kappa shape index (κ1) is 16.3. The van der Waals surface area contributed by atoms with Crippen molar-refractivity contribution in [3.63, 3.8) is 0 Å². The van der Waals surface area contributed by atoms with E-state index >= 15 is 0 Å². The van der Waals surface area contributed by atoms with E-state index in [4.69, 9.17) is 0 Å². The monoisotopic (exact) mass is 291 g/mol. The van der Waals surface area contributed by atoms with Crippen LogP contribution in [0.1, 0.15) is 58.8 Å². The fourth-order valence-corrected chi connectivity index (χ4v) is 3.78. The highest BCUT2D eigenvalue weighted by atomic mass is 16.2. The maximum atomic E-state index is 12.7. The van der Waals surface area contributed by atoms with E-state index in [1.807, 2.05) is 18.7 Å². The second-order valence-corrected chi connectivity index (χ2v) is 6.52. The first-order valence-corrected chi connectivity index (χ1v) is 8.61. The van der Waals surface area contributed by atoms with Crippen LogP contribution in [0.15, 0.2) is 0 Å². The third kappa shape index (κ3) is 3.40. The van der Waals surface area contributed by atoms with Gasteiger partial charge in [-0.15, -0.1) is 0 Å². The second-order valence-electron chi connectivity index (χ2n) is 6.52. The Kier molecular flexibility index (Phi) is 5.64. The van der Waals surface area contributed by atoms with Crippen molar-refractivity contribution in [2.24, 2.45) is 5.41 Å². The van der Waals surface area contributed by atoms with Gasteiger partial charge in [0.05, 0.1) is 6.07 Å². The highest BCUT2D eigenvalue weighted by Gasteiger charge is 2.40. The molecule has 4 heteroatoms. The summed E-state index contributed by atoms with van der Waals surface area (Å²) in [4.78, 5) is 17.2. The largest absolute Gasteiger partial charge is 0.341 e. The minimum absolute atomic E-state index is 0.0621. The van der Waals surface area contributed by atoms with Gasteiger partial charge in [0.15, 0.2) is 0 Å². The van der Waals surface area contributed by atoms with Gasteiger partial charge in [-0.1, -0.05) is 20.3 Å². The van der Waals surface area contributed by atoms with Crippen LogP contribution in [0.25, 0.3) is 0 Å². The summed E-state index contributed by atoms with van der Waals surface area (Å²) in [6.07, 6.45) is 7.38. The van der Waals surface area contributed by atoms with Gasteiger partial charge in [0, 0.05) is 19.1 Å². The molecule has 0 radical (unpaired) electrons. The molecule has 0 saturated carbocycles. The average molecular weight is 291 g/mol. The molecule has 2 fully saturated rings. The zero-order chi connectivity index (χ0) is 15.3. The molecule has 0 spiro atoms. The molecule has 2 saturated heterocycles. The van der Waals surface area contributed by atoms with Crippen LogP contribution < -0.4 is 0 Å². The van der Waals surface area contributed by atoms with Crippen LogP contribution in [-0.4, -0.2) is 47.9 Å². The van der Waals surface area contributed by atoms with Gasteiger partial charge < -0.3 is 9.80 Å². The normalized spacial score (nSPS) is 22.0. The van der Waals surface area contributed by atoms with Crippen LogP contribution >= 0.6 is 0 Å². The molecule has 0 atom stereocenters. The number of likely N-dealkylation sites (tertiary alicyclic amines) is 2. The lowest BCUT2D eigenvalue weighted by atomic mass is 9.82. The maximum Gasteiger partial charge on any atom is 0.243 e. The number of carbonyl (C=O) groups is 1. The lowest BCUT2D eigenvalue weighted by Crippen LogP contribution is -2.51. The molecule has 2 rings (SSSR count). The summed E-state index contributed by atoms with van der Waals surface area (Å²) in [6, 6.07) is 2.93. The molecule has 0 aliphatic carbocycles. The van der Waals surface area contributed by atoms with Crippen molar-refractivity contribution in [2.75, 3.05) is 26.2 Å². The molecule has 0 N–H and O–H groups in total. The Bertz CT molecular complexity index is 383. The van der Waals surface area contributed by atoms with Gasteiger partial charge in [-0.3, -0.25) is 4.79 Å². The van der Waals surface area contributed by atoms with Crippen LogP contribution in [0.4, 0.5) is 0 Å². The third-order valence-corrected chi connectivity index (χ3v) is 5.49. The van der Waals surface area contributed by atoms with Crippen molar-refractivity contribution >= 4 is 5.91 Å². The number of rotatable bonds is 4. The van der Waals surface area contributed by atoms with E-state index in [2.05, 4.69) is 11.0 Å². The topological polar surface area (TPSA) is 47.3 Å². The van der Waals surface area contributed by atoms with E-state index in [1.54, 1.807) is 0 Å². The number of piperidine rings is 2. The lowest BCUT2D eigenvalue weighted by molar-refractivity contribution is -0.141. The van der Waals surface area contributed by atoms with Gasteiger partial charge in [0.2, 0.25) is 5.91 Å². The molecule has 0 unspecified atom stereocenters. The van der Waals surface area contributed by atoms with Crippen molar-refractivity contribution in [2.45, 2.75) is 64.8 Å². The van der Waals surface area contributed by atoms with Crippen molar-refractivity contribution in [1.29, 1.82) is 5.26 Å². The number of hydrogen-bond donors (Lipinski definition) is 0. The quantitative estimate of drug-likeness (QED) is 0.800. The number of nitriles is 1. The molecule has 0 aromatic carbocycles.